The second-order valence-electron chi connectivity index (χ2n) is 5.60. The SMILES string of the molecule is O=C(CCn1c(=O)oc2ccccc21)OCc1cccc(C(F)(F)F)c1. The molecule has 5 nitrogen and oxygen atoms in total. The summed E-state index contributed by atoms with van der Waals surface area (Å²) in [4.78, 5) is 23.6. The van der Waals surface area contributed by atoms with E-state index in [0.717, 1.165) is 12.1 Å². The number of esters is 1. The third kappa shape index (κ3) is 3.96. The van der Waals surface area contributed by atoms with Gasteiger partial charge in [0.1, 0.15) is 6.61 Å². The van der Waals surface area contributed by atoms with Crippen LogP contribution in [0.5, 0.6) is 0 Å². The number of hydrogen-bond acceptors (Lipinski definition) is 4. The minimum absolute atomic E-state index is 0.0528. The number of carbonyl (C=O) groups is 1. The predicted octanol–water partition coefficient (Wildman–Crippen LogP) is 3.75. The highest BCUT2D eigenvalue weighted by atomic mass is 19.4. The summed E-state index contributed by atoms with van der Waals surface area (Å²) in [6.45, 7) is -0.221. The first-order chi connectivity index (χ1) is 12.3. The summed E-state index contributed by atoms with van der Waals surface area (Å²) in [5, 5.41) is 0. The van der Waals surface area contributed by atoms with Crippen molar-refractivity contribution in [1.82, 2.24) is 4.57 Å². The zero-order valence-electron chi connectivity index (χ0n) is 13.5. The summed E-state index contributed by atoms with van der Waals surface area (Å²) < 4.78 is 49.3. The highest BCUT2D eigenvalue weighted by Crippen LogP contribution is 2.29. The van der Waals surface area contributed by atoms with Crippen molar-refractivity contribution in [1.29, 1.82) is 0 Å². The molecule has 0 bridgehead atoms. The highest BCUT2D eigenvalue weighted by Gasteiger charge is 2.30. The summed E-state index contributed by atoms with van der Waals surface area (Å²) >= 11 is 0. The van der Waals surface area contributed by atoms with E-state index in [0.29, 0.717) is 11.1 Å². The number of alkyl halides is 3. The number of benzene rings is 2. The first kappa shape index (κ1) is 17.8. The van der Waals surface area contributed by atoms with Gasteiger partial charge >= 0.3 is 17.9 Å². The van der Waals surface area contributed by atoms with Gasteiger partial charge in [-0.05, 0) is 29.8 Å². The fourth-order valence-corrected chi connectivity index (χ4v) is 2.50. The number of aryl methyl sites for hydroxylation is 1. The van der Waals surface area contributed by atoms with Gasteiger partial charge in [-0.15, -0.1) is 0 Å². The second-order valence-corrected chi connectivity index (χ2v) is 5.60. The van der Waals surface area contributed by atoms with Crippen LogP contribution in [0.2, 0.25) is 0 Å². The molecule has 0 saturated carbocycles. The molecule has 0 atom stereocenters. The molecular weight excluding hydrogens is 351 g/mol. The van der Waals surface area contributed by atoms with Crippen molar-refractivity contribution in [2.45, 2.75) is 25.7 Å². The standard InChI is InChI=1S/C18H14F3NO4/c19-18(20,21)13-5-3-4-12(10-13)11-25-16(23)8-9-22-14-6-1-2-7-15(14)26-17(22)24/h1-7,10H,8-9,11H2. The molecule has 0 N–H and O–H groups in total. The zero-order valence-corrected chi connectivity index (χ0v) is 13.5. The summed E-state index contributed by atoms with van der Waals surface area (Å²) in [5.41, 5.74) is 0.402. The molecule has 0 aliphatic rings. The maximum absolute atomic E-state index is 12.7. The summed E-state index contributed by atoms with van der Waals surface area (Å²) in [6.07, 6.45) is -4.56. The quantitative estimate of drug-likeness (QED) is 0.646. The normalized spacial score (nSPS) is 11.7. The summed E-state index contributed by atoms with van der Waals surface area (Å²) in [7, 11) is 0. The van der Waals surface area contributed by atoms with Crippen LogP contribution in [-0.4, -0.2) is 10.5 Å². The predicted molar refractivity (Wildman–Crippen MR) is 86.3 cm³/mol. The minimum Gasteiger partial charge on any atom is -0.461 e. The Kier molecular flexibility index (Phi) is 4.83. The molecule has 0 spiro atoms. The molecule has 0 aliphatic carbocycles. The smallest absolute Gasteiger partial charge is 0.419 e. The molecule has 0 unspecified atom stereocenters. The monoisotopic (exact) mass is 365 g/mol. The number of halogens is 3. The summed E-state index contributed by atoms with van der Waals surface area (Å²) in [6, 6.07) is 11.4. The molecule has 2 aromatic carbocycles. The number of hydrogen-bond donors (Lipinski definition) is 0. The molecule has 3 aromatic rings. The molecular formula is C18H14F3NO4. The van der Waals surface area contributed by atoms with E-state index in [4.69, 9.17) is 9.15 Å². The highest BCUT2D eigenvalue weighted by molar-refractivity contribution is 5.73. The Morgan fingerprint density at radius 2 is 1.88 bits per heavy atom. The Morgan fingerprint density at radius 3 is 2.65 bits per heavy atom. The van der Waals surface area contributed by atoms with Crippen LogP contribution in [0.4, 0.5) is 13.2 Å². The lowest BCUT2D eigenvalue weighted by Crippen LogP contribution is -2.17. The zero-order chi connectivity index (χ0) is 18.7. The Morgan fingerprint density at radius 1 is 1.12 bits per heavy atom. The van der Waals surface area contributed by atoms with Gasteiger partial charge in [-0.1, -0.05) is 24.3 Å². The average molecular weight is 365 g/mol. The molecule has 8 heteroatoms. The lowest BCUT2D eigenvalue weighted by atomic mass is 10.1. The van der Waals surface area contributed by atoms with Gasteiger partial charge in [0.2, 0.25) is 0 Å². The van der Waals surface area contributed by atoms with Crippen LogP contribution < -0.4 is 5.76 Å². The van der Waals surface area contributed by atoms with E-state index in [2.05, 4.69) is 0 Å². The number of aromatic nitrogens is 1. The van der Waals surface area contributed by atoms with Gasteiger partial charge in [0, 0.05) is 6.54 Å². The maximum atomic E-state index is 12.7. The van der Waals surface area contributed by atoms with Gasteiger partial charge in [-0.25, -0.2) is 4.79 Å². The molecule has 26 heavy (non-hydrogen) atoms. The number of para-hydroxylation sites is 2. The Balaban J connectivity index is 1.60. The average Bonchev–Trinajstić information content (AvgIpc) is 2.93. The maximum Gasteiger partial charge on any atom is 0.419 e. The van der Waals surface area contributed by atoms with E-state index in [9.17, 15) is 22.8 Å². The van der Waals surface area contributed by atoms with Gasteiger partial charge < -0.3 is 9.15 Å². The summed E-state index contributed by atoms with van der Waals surface area (Å²) in [5.74, 6) is -1.21. The Hall–Kier alpha value is -3.03. The minimum atomic E-state index is -4.45. The molecule has 0 fully saturated rings. The van der Waals surface area contributed by atoms with E-state index < -0.39 is 23.5 Å². The number of oxazole rings is 1. The second kappa shape index (κ2) is 7.07. The molecule has 136 valence electrons. The molecule has 3 rings (SSSR count). The van der Waals surface area contributed by atoms with Crippen LogP contribution in [0.3, 0.4) is 0 Å². The van der Waals surface area contributed by atoms with Crippen LogP contribution in [0.15, 0.2) is 57.7 Å². The van der Waals surface area contributed by atoms with Gasteiger partial charge in [0.15, 0.2) is 5.58 Å². The van der Waals surface area contributed by atoms with Crippen LogP contribution in [0.1, 0.15) is 17.5 Å². The fourth-order valence-electron chi connectivity index (χ4n) is 2.50. The van der Waals surface area contributed by atoms with Gasteiger partial charge in [-0.3, -0.25) is 9.36 Å². The van der Waals surface area contributed by atoms with Crippen LogP contribution in [0, 0.1) is 0 Å². The van der Waals surface area contributed by atoms with Gasteiger partial charge in [0.25, 0.3) is 0 Å². The number of nitrogens with zero attached hydrogens (tertiary/aromatic N) is 1. The van der Waals surface area contributed by atoms with Crippen molar-refractivity contribution < 1.29 is 27.1 Å². The number of rotatable bonds is 5. The van der Waals surface area contributed by atoms with Crippen molar-refractivity contribution in [3.05, 3.63) is 70.2 Å². The molecule has 0 radical (unpaired) electrons. The fraction of sp³-hybridized carbons (Fsp3) is 0.222. The van der Waals surface area contributed by atoms with Crippen molar-refractivity contribution in [3.8, 4) is 0 Å². The Labute approximate surface area is 145 Å². The van der Waals surface area contributed by atoms with E-state index in [1.807, 2.05) is 0 Å². The number of carbonyl (C=O) groups excluding carboxylic acids is 1. The van der Waals surface area contributed by atoms with Gasteiger partial charge in [0.05, 0.1) is 17.5 Å². The van der Waals surface area contributed by atoms with Crippen molar-refractivity contribution in [2.24, 2.45) is 0 Å². The first-order valence-electron chi connectivity index (χ1n) is 7.75. The molecule has 1 heterocycles. The largest absolute Gasteiger partial charge is 0.461 e. The van der Waals surface area contributed by atoms with Gasteiger partial charge in [-0.2, -0.15) is 13.2 Å². The third-order valence-corrected chi connectivity index (χ3v) is 3.77. The topological polar surface area (TPSA) is 61.4 Å². The lowest BCUT2D eigenvalue weighted by molar-refractivity contribution is -0.145. The van der Waals surface area contributed by atoms with Crippen molar-refractivity contribution in [2.75, 3.05) is 0 Å². The molecule has 1 aromatic heterocycles. The molecule has 0 aliphatic heterocycles. The lowest BCUT2D eigenvalue weighted by Gasteiger charge is -2.09. The third-order valence-electron chi connectivity index (χ3n) is 3.77. The van der Waals surface area contributed by atoms with E-state index in [-0.39, 0.29) is 25.1 Å². The molecule has 0 saturated heterocycles. The van der Waals surface area contributed by atoms with Crippen LogP contribution in [0.25, 0.3) is 11.1 Å². The number of ether oxygens (including phenoxy) is 1. The van der Waals surface area contributed by atoms with E-state index in [1.165, 1.54) is 16.7 Å². The van der Waals surface area contributed by atoms with E-state index in [1.54, 1.807) is 24.3 Å². The van der Waals surface area contributed by atoms with Crippen molar-refractivity contribution in [3.63, 3.8) is 0 Å². The van der Waals surface area contributed by atoms with Crippen molar-refractivity contribution >= 4 is 17.1 Å². The van der Waals surface area contributed by atoms with E-state index >= 15 is 0 Å². The molecule has 0 amide bonds. The number of fused-ring (bicyclic) bond motifs is 1. The Bertz CT molecular complexity index is 988. The van der Waals surface area contributed by atoms with Crippen LogP contribution >= 0.6 is 0 Å². The first-order valence-corrected chi connectivity index (χ1v) is 7.75. The van der Waals surface area contributed by atoms with Crippen LogP contribution in [-0.2, 0) is 28.9 Å².